The normalized spacial score (nSPS) is 15.5. The average molecular weight is 517 g/mol. The monoisotopic (exact) mass is 516 g/mol. The van der Waals surface area contributed by atoms with Crippen molar-refractivity contribution in [1.82, 2.24) is 0 Å². The van der Waals surface area contributed by atoms with Gasteiger partial charge < -0.3 is 23.7 Å². The quantitative estimate of drug-likeness (QED) is 0.220. The summed E-state index contributed by atoms with van der Waals surface area (Å²) in [5, 5.41) is 0. The Labute approximate surface area is 228 Å². The fourth-order valence-corrected chi connectivity index (χ4v) is 5.00. The van der Waals surface area contributed by atoms with Crippen molar-refractivity contribution in [2.75, 3.05) is 14.2 Å². The third-order valence-corrected chi connectivity index (χ3v) is 6.86. The molecular formula is C34H28O5. The molecule has 0 aromatic heterocycles. The fourth-order valence-electron chi connectivity index (χ4n) is 5.00. The van der Waals surface area contributed by atoms with Crippen LogP contribution in [0, 0.1) is 0 Å². The zero-order valence-electron chi connectivity index (χ0n) is 21.7. The van der Waals surface area contributed by atoms with Crippen molar-refractivity contribution in [2.24, 2.45) is 0 Å². The van der Waals surface area contributed by atoms with Crippen molar-refractivity contribution in [1.29, 1.82) is 0 Å². The maximum absolute atomic E-state index is 7.04. The molecule has 0 radical (unpaired) electrons. The molecule has 0 N–H and O–H groups in total. The van der Waals surface area contributed by atoms with E-state index in [1.165, 1.54) is 0 Å². The molecule has 1 aliphatic rings. The minimum absolute atomic E-state index is 0.568. The lowest BCUT2D eigenvalue weighted by Crippen LogP contribution is -2.40. The summed E-state index contributed by atoms with van der Waals surface area (Å²) in [5.74, 6) is 3.32. The van der Waals surface area contributed by atoms with Gasteiger partial charge in [0.15, 0.2) is 17.1 Å². The van der Waals surface area contributed by atoms with E-state index < -0.39 is 11.9 Å². The van der Waals surface area contributed by atoms with Crippen molar-refractivity contribution in [3.05, 3.63) is 150 Å². The molecule has 1 unspecified atom stereocenters. The van der Waals surface area contributed by atoms with Crippen LogP contribution in [0.15, 0.2) is 127 Å². The minimum Gasteiger partial charge on any atom is -0.497 e. The highest BCUT2D eigenvalue weighted by atomic mass is 16.7. The summed E-state index contributed by atoms with van der Waals surface area (Å²) >= 11 is 0. The Hall–Kier alpha value is -4.74. The molecule has 0 saturated heterocycles. The Kier molecular flexibility index (Phi) is 6.66. The van der Waals surface area contributed by atoms with Crippen molar-refractivity contribution in [2.45, 2.75) is 11.9 Å². The molecule has 5 heteroatoms. The molecule has 5 nitrogen and oxygen atoms in total. The first kappa shape index (κ1) is 24.6. The highest BCUT2D eigenvalue weighted by molar-refractivity contribution is 5.61. The topological polar surface area (TPSA) is 46.2 Å². The van der Waals surface area contributed by atoms with Crippen molar-refractivity contribution in [3.63, 3.8) is 0 Å². The van der Waals surface area contributed by atoms with Gasteiger partial charge in [-0.1, -0.05) is 78.9 Å². The van der Waals surface area contributed by atoms with Crippen LogP contribution < -0.4 is 18.9 Å². The second-order valence-electron chi connectivity index (χ2n) is 9.17. The van der Waals surface area contributed by atoms with E-state index in [0.717, 1.165) is 33.8 Å². The zero-order chi connectivity index (χ0) is 26.7. The molecule has 0 spiro atoms. The maximum atomic E-state index is 7.04. The van der Waals surface area contributed by atoms with Crippen LogP contribution in [0.1, 0.15) is 28.5 Å². The van der Waals surface area contributed by atoms with Gasteiger partial charge in [0.1, 0.15) is 17.2 Å². The summed E-state index contributed by atoms with van der Waals surface area (Å²) in [4.78, 5) is 0. The van der Waals surface area contributed by atoms with E-state index in [2.05, 4.69) is 24.3 Å². The van der Waals surface area contributed by atoms with E-state index in [0.29, 0.717) is 17.2 Å². The van der Waals surface area contributed by atoms with Crippen LogP contribution in [0.5, 0.6) is 28.7 Å². The first-order chi connectivity index (χ1) is 19.2. The number of benzene rings is 5. The molecule has 0 bridgehead atoms. The van der Waals surface area contributed by atoms with Crippen LogP contribution in [-0.2, 0) is 10.3 Å². The van der Waals surface area contributed by atoms with Crippen molar-refractivity contribution in [3.8, 4) is 28.7 Å². The van der Waals surface area contributed by atoms with Gasteiger partial charge in [-0.05, 0) is 53.6 Å². The molecule has 6 rings (SSSR count). The number of rotatable bonds is 7. The predicted octanol–water partition coefficient (Wildman–Crippen LogP) is 7.90. The zero-order valence-corrected chi connectivity index (χ0v) is 21.7. The Morgan fingerprint density at radius 3 is 1.72 bits per heavy atom. The van der Waals surface area contributed by atoms with Crippen molar-refractivity contribution >= 4 is 0 Å². The number of para-hydroxylation sites is 1. The van der Waals surface area contributed by atoms with Gasteiger partial charge in [-0.3, -0.25) is 0 Å². The molecule has 5 aromatic rings. The van der Waals surface area contributed by atoms with Gasteiger partial charge in [0.25, 0.3) is 0 Å². The summed E-state index contributed by atoms with van der Waals surface area (Å²) < 4.78 is 31.1. The molecule has 1 heterocycles. The highest BCUT2D eigenvalue weighted by Crippen LogP contribution is 2.55. The largest absolute Gasteiger partial charge is 0.497 e. The lowest BCUT2D eigenvalue weighted by molar-refractivity contribution is -0.168. The van der Waals surface area contributed by atoms with Crippen LogP contribution in [0.25, 0.3) is 0 Å². The van der Waals surface area contributed by atoms with E-state index in [4.69, 9.17) is 23.7 Å². The third kappa shape index (κ3) is 4.58. The second kappa shape index (κ2) is 10.6. The van der Waals surface area contributed by atoms with Crippen LogP contribution in [0.4, 0.5) is 0 Å². The summed E-state index contributed by atoms with van der Waals surface area (Å²) in [6.07, 6.45) is -0.731. The summed E-state index contributed by atoms with van der Waals surface area (Å²) in [6.45, 7) is 0. The summed E-state index contributed by atoms with van der Waals surface area (Å²) in [7, 11) is 3.27. The Morgan fingerprint density at radius 1 is 0.590 bits per heavy atom. The molecule has 194 valence electrons. The van der Waals surface area contributed by atoms with Crippen LogP contribution in [-0.4, -0.2) is 14.2 Å². The van der Waals surface area contributed by atoms with Gasteiger partial charge in [0.2, 0.25) is 6.29 Å². The van der Waals surface area contributed by atoms with Gasteiger partial charge >= 0.3 is 0 Å². The van der Waals surface area contributed by atoms with Crippen LogP contribution in [0.2, 0.25) is 0 Å². The lowest BCUT2D eigenvalue weighted by atomic mass is 9.78. The molecule has 0 amide bonds. The van der Waals surface area contributed by atoms with Gasteiger partial charge in [0.05, 0.1) is 14.2 Å². The number of hydrogen-bond acceptors (Lipinski definition) is 5. The molecule has 1 aliphatic heterocycles. The van der Waals surface area contributed by atoms with Crippen LogP contribution >= 0.6 is 0 Å². The smallest absolute Gasteiger partial charge is 0.228 e. The Morgan fingerprint density at radius 2 is 1.15 bits per heavy atom. The van der Waals surface area contributed by atoms with Gasteiger partial charge in [-0.15, -0.1) is 0 Å². The van der Waals surface area contributed by atoms with Crippen LogP contribution in [0.3, 0.4) is 0 Å². The number of fused-ring (bicyclic) bond motifs is 1. The van der Waals surface area contributed by atoms with Crippen molar-refractivity contribution < 1.29 is 23.7 Å². The highest BCUT2D eigenvalue weighted by Gasteiger charge is 2.48. The minimum atomic E-state index is -0.998. The van der Waals surface area contributed by atoms with Gasteiger partial charge in [-0.25, -0.2) is 0 Å². The first-order valence-electron chi connectivity index (χ1n) is 12.8. The molecule has 0 aliphatic carbocycles. The van der Waals surface area contributed by atoms with E-state index >= 15 is 0 Å². The molecule has 5 aromatic carbocycles. The molecule has 0 fully saturated rings. The third-order valence-electron chi connectivity index (χ3n) is 6.86. The standard InChI is InChI=1S/C34H28O5/c1-35-29-22-30-32(31(23-29)36-2)38-33(24-18-20-28(21-19-24)37-27-16-10-5-11-17-27)39-34(30,25-12-6-3-7-13-25)26-14-8-4-9-15-26/h3-23,33H,1-2H3. The maximum Gasteiger partial charge on any atom is 0.228 e. The number of hydrogen-bond donors (Lipinski definition) is 0. The molecular weight excluding hydrogens is 488 g/mol. The van der Waals surface area contributed by atoms with E-state index in [1.807, 2.05) is 103 Å². The van der Waals surface area contributed by atoms with E-state index in [9.17, 15) is 0 Å². The Bertz CT molecular complexity index is 1490. The molecule has 0 saturated carbocycles. The SMILES string of the molecule is COc1cc(OC)c2c(c1)C(c1ccccc1)(c1ccccc1)OC(c1ccc(Oc3ccccc3)cc1)O2. The average Bonchev–Trinajstić information content (AvgIpc) is 3.01. The second-order valence-corrected chi connectivity index (χ2v) is 9.17. The number of methoxy groups -OCH3 is 2. The lowest BCUT2D eigenvalue weighted by Gasteiger charge is -2.43. The Balaban J connectivity index is 1.50. The molecule has 39 heavy (non-hydrogen) atoms. The fraction of sp³-hybridized carbons (Fsp3) is 0.118. The van der Waals surface area contributed by atoms with Gasteiger partial charge in [-0.2, -0.15) is 0 Å². The van der Waals surface area contributed by atoms with E-state index in [-0.39, 0.29) is 0 Å². The predicted molar refractivity (Wildman–Crippen MR) is 150 cm³/mol. The summed E-state index contributed by atoms with van der Waals surface area (Å²) in [6, 6.07) is 41.6. The van der Waals surface area contributed by atoms with Gasteiger partial charge in [0, 0.05) is 17.2 Å². The first-order valence-corrected chi connectivity index (χ1v) is 12.8. The van der Waals surface area contributed by atoms with E-state index in [1.54, 1.807) is 14.2 Å². The summed E-state index contributed by atoms with van der Waals surface area (Å²) in [5.41, 5.74) is 2.57. The number of ether oxygens (including phenoxy) is 5. The molecule has 1 atom stereocenters.